The zero-order chi connectivity index (χ0) is 28.2. The largest absolute Gasteiger partial charge is 0.480 e. The molecule has 4 N–H and O–H groups in total. The lowest BCUT2D eigenvalue weighted by Gasteiger charge is -2.26. The highest BCUT2D eigenvalue weighted by molar-refractivity contribution is 9.10. The van der Waals surface area contributed by atoms with Gasteiger partial charge in [0.1, 0.15) is 11.7 Å². The van der Waals surface area contributed by atoms with Crippen molar-refractivity contribution in [2.75, 3.05) is 32.7 Å². The standard InChI is InChI=1S/C25H33BrN6O6S/c1-16-3-4-22(18(26)13-16)39(37,38)30-20(25(35)36)15-28-23(33)19-14-21-24(34)31(10-2-11-32(21)29-19)12-7-17-5-8-27-9-6-17/h3-4,13-14,17,20,27,30H,2,5-12,15H2,1H3,(H,28,33)(H,35,36)/t20-/m0/s1. The molecule has 1 fully saturated rings. The zero-order valence-electron chi connectivity index (χ0n) is 21.7. The summed E-state index contributed by atoms with van der Waals surface area (Å²) >= 11 is 3.19. The summed E-state index contributed by atoms with van der Waals surface area (Å²) in [7, 11) is -4.20. The number of hydrogen-bond donors (Lipinski definition) is 4. The zero-order valence-corrected chi connectivity index (χ0v) is 24.1. The average Bonchev–Trinajstić information content (AvgIpc) is 3.26. The quantitative estimate of drug-likeness (QED) is 0.308. The van der Waals surface area contributed by atoms with E-state index in [-0.39, 0.29) is 21.0 Å². The van der Waals surface area contributed by atoms with Crippen LogP contribution in [0.4, 0.5) is 0 Å². The van der Waals surface area contributed by atoms with Crippen molar-refractivity contribution in [3.8, 4) is 0 Å². The van der Waals surface area contributed by atoms with Crippen molar-refractivity contribution in [1.82, 2.24) is 30.0 Å². The molecule has 1 saturated heterocycles. The topological polar surface area (TPSA) is 163 Å². The molecule has 2 aliphatic heterocycles. The molecule has 0 bridgehead atoms. The number of carboxylic acid groups (broad SMARTS) is 1. The van der Waals surface area contributed by atoms with Gasteiger partial charge in [0.15, 0.2) is 5.69 Å². The Hall–Kier alpha value is -2.81. The van der Waals surface area contributed by atoms with Gasteiger partial charge >= 0.3 is 5.97 Å². The van der Waals surface area contributed by atoms with Gasteiger partial charge in [0.05, 0.1) is 4.90 Å². The Balaban J connectivity index is 1.39. The first-order chi connectivity index (χ1) is 18.5. The van der Waals surface area contributed by atoms with Gasteiger partial charge in [0.2, 0.25) is 10.0 Å². The molecule has 1 aromatic carbocycles. The molecule has 212 valence electrons. The maximum atomic E-state index is 13.2. The number of carbonyl (C=O) groups is 3. The Labute approximate surface area is 235 Å². The third-order valence-electron chi connectivity index (χ3n) is 7.02. The number of aliphatic carboxylic acids is 1. The molecule has 0 spiro atoms. The van der Waals surface area contributed by atoms with Crippen molar-refractivity contribution in [3.63, 3.8) is 0 Å². The number of sulfonamides is 1. The number of aromatic nitrogens is 2. The molecule has 39 heavy (non-hydrogen) atoms. The number of nitrogens with zero attached hydrogens (tertiary/aromatic N) is 3. The van der Waals surface area contributed by atoms with Gasteiger partial charge in [-0.15, -0.1) is 0 Å². The fraction of sp³-hybridized carbons (Fsp3) is 0.520. The Morgan fingerprint density at radius 2 is 1.97 bits per heavy atom. The van der Waals surface area contributed by atoms with Crippen LogP contribution in [0.2, 0.25) is 0 Å². The summed E-state index contributed by atoms with van der Waals surface area (Å²) in [6.45, 7) is 5.01. The summed E-state index contributed by atoms with van der Waals surface area (Å²) in [5, 5.41) is 19.6. The third kappa shape index (κ3) is 7.24. The smallest absolute Gasteiger partial charge is 0.323 e. The number of rotatable bonds is 10. The SMILES string of the molecule is Cc1ccc(S(=O)(=O)N[C@@H](CNC(=O)c2cc3n(n2)CCCN(CCC2CCNCC2)C3=O)C(=O)O)c(Br)c1. The number of nitrogens with one attached hydrogen (secondary N) is 3. The molecule has 0 saturated carbocycles. The second-order valence-corrected chi connectivity index (χ2v) is 12.5. The van der Waals surface area contributed by atoms with Crippen LogP contribution in [0.1, 0.15) is 52.2 Å². The number of amides is 2. The van der Waals surface area contributed by atoms with Gasteiger partial charge in [0.25, 0.3) is 11.8 Å². The van der Waals surface area contributed by atoms with E-state index in [0.29, 0.717) is 37.7 Å². The molecule has 2 aromatic rings. The van der Waals surface area contributed by atoms with Crippen LogP contribution in [0.15, 0.2) is 33.6 Å². The molecule has 0 aliphatic carbocycles. The molecule has 0 radical (unpaired) electrons. The Kier molecular flexibility index (Phi) is 9.41. The van der Waals surface area contributed by atoms with Gasteiger partial charge in [0, 0.05) is 36.7 Å². The molecule has 14 heteroatoms. The summed E-state index contributed by atoms with van der Waals surface area (Å²) < 4.78 is 29.5. The van der Waals surface area contributed by atoms with Crippen molar-refractivity contribution in [1.29, 1.82) is 0 Å². The van der Waals surface area contributed by atoms with Gasteiger partial charge in [-0.2, -0.15) is 9.82 Å². The molecular formula is C25H33BrN6O6S. The first-order valence-electron chi connectivity index (χ1n) is 12.9. The first kappa shape index (κ1) is 29.2. The minimum Gasteiger partial charge on any atom is -0.480 e. The van der Waals surface area contributed by atoms with Gasteiger partial charge in [-0.1, -0.05) is 6.07 Å². The van der Waals surface area contributed by atoms with Crippen LogP contribution in [0.25, 0.3) is 0 Å². The number of aryl methyl sites for hydroxylation is 2. The third-order valence-corrected chi connectivity index (χ3v) is 9.47. The maximum Gasteiger partial charge on any atom is 0.323 e. The predicted molar refractivity (Wildman–Crippen MR) is 146 cm³/mol. The number of halogens is 1. The molecular weight excluding hydrogens is 592 g/mol. The van der Waals surface area contributed by atoms with Crippen LogP contribution < -0.4 is 15.4 Å². The Morgan fingerprint density at radius 1 is 1.23 bits per heavy atom. The van der Waals surface area contributed by atoms with Crippen molar-refractivity contribution < 1.29 is 27.9 Å². The highest BCUT2D eigenvalue weighted by atomic mass is 79.9. The number of fused-ring (bicyclic) bond motifs is 1. The van der Waals surface area contributed by atoms with Crippen molar-refractivity contribution >= 4 is 43.7 Å². The van der Waals surface area contributed by atoms with Gasteiger partial charge < -0.3 is 20.6 Å². The van der Waals surface area contributed by atoms with Gasteiger partial charge in [-0.3, -0.25) is 19.1 Å². The van der Waals surface area contributed by atoms with Crippen molar-refractivity contribution in [3.05, 3.63) is 45.7 Å². The molecule has 3 heterocycles. The molecule has 1 aromatic heterocycles. The van der Waals surface area contributed by atoms with E-state index in [1.807, 2.05) is 4.90 Å². The van der Waals surface area contributed by atoms with Crippen LogP contribution in [0.3, 0.4) is 0 Å². The minimum absolute atomic E-state index is 0.0353. The van der Waals surface area contributed by atoms with E-state index < -0.39 is 34.5 Å². The second kappa shape index (κ2) is 12.6. The summed E-state index contributed by atoms with van der Waals surface area (Å²) in [6, 6.07) is 4.34. The maximum absolute atomic E-state index is 13.2. The lowest BCUT2D eigenvalue weighted by molar-refractivity contribution is -0.138. The molecule has 12 nitrogen and oxygen atoms in total. The first-order valence-corrected chi connectivity index (χ1v) is 15.2. The van der Waals surface area contributed by atoms with Crippen LogP contribution >= 0.6 is 15.9 Å². The average molecular weight is 626 g/mol. The van der Waals surface area contributed by atoms with E-state index in [1.165, 1.54) is 16.8 Å². The summed E-state index contributed by atoms with van der Waals surface area (Å²) in [4.78, 5) is 39.5. The number of hydrogen-bond acceptors (Lipinski definition) is 7. The fourth-order valence-corrected chi connectivity index (χ4v) is 7.19. The number of carboxylic acids is 1. The highest BCUT2D eigenvalue weighted by Gasteiger charge is 2.30. The van der Waals surface area contributed by atoms with Gasteiger partial charge in [-0.25, -0.2) is 8.42 Å². The number of benzene rings is 1. The second-order valence-electron chi connectivity index (χ2n) is 9.92. The molecule has 4 rings (SSSR count). The van der Waals surface area contributed by atoms with Crippen molar-refractivity contribution in [2.45, 2.75) is 50.1 Å². The fourth-order valence-electron chi connectivity index (χ4n) is 4.81. The van der Waals surface area contributed by atoms with E-state index in [2.05, 4.69) is 36.4 Å². The van der Waals surface area contributed by atoms with E-state index in [4.69, 9.17) is 0 Å². The van der Waals surface area contributed by atoms with Crippen LogP contribution in [0.5, 0.6) is 0 Å². The van der Waals surface area contributed by atoms with Crippen LogP contribution in [0, 0.1) is 12.8 Å². The summed E-state index contributed by atoms with van der Waals surface area (Å²) in [5.74, 6) is -1.76. The monoisotopic (exact) mass is 624 g/mol. The lowest BCUT2D eigenvalue weighted by Crippen LogP contribution is -2.48. The molecule has 2 amide bonds. The Bertz CT molecular complexity index is 1340. The number of piperidine rings is 1. The lowest BCUT2D eigenvalue weighted by atomic mass is 9.94. The van der Waals surface area contributed by atoms with E-state index in [1.54, 1.807) is 19.1 Å². The van der Waals surface area contributed by atoms with Crippen molar-refractivity contribution in [2.24, 2.45) is 5.92 Å². The van der Waals surface area contributed by atoms with E-state index >= 15 is 0 Å². The van der Waals surface area contributed by atoms with Gasteiger partial charge in [-0.05, 0) is 85.2 Å². The van der Waals surface area contributed by atoms with Crippen LogP contribution in [-0.4, -0.2) is 84.8 Å². The normalized spacial score (nSPS) is 17.4. The predicted octanol–water partition coefficient (Wildman–Crippen LogP) is 1.35. The Morgan fingerprint density at radius 3 is 2.67 bits per heavy atom. The minimum atomic E-state index is -4.20. The summed E-state index contributed by atoms with van der Waals surface area (Å²) in [6.07, 6.45) is 3.83. The van der Waals surface area contributed by atoms with Crippen LogP contribution in [-0.2, 0) is 21.4 Å². The molecule has 2 aliphatic rings. The molecule has 1 atom stereocenters. The number of carbonyl (C=O) groups excluding carboxylic acids is 2. The van der Waals surface area contributed by atoms with E-state index in [9.17, 15) is 27.9 Å². The molecule has 0 unspecified atom stereocenters. The highest BCUT2D eigenvalue weighted by Crippen LogP contribution is 2.23. The van der Waals surface area contributed by atoms with E-state index in [0.717, 1.165) is 37.9 Å². The summed E-state index contributed by atoms with van der Waals surface area (Å²) in [5.41, 5.74) is 1.10.